The maximum Gasteiger partial charge on any atom is 0.135 e. The third kappa shape index (κ3) is 3.27. The molecule has 25 heavy (non-hydrogen) atoms. The van der Waals surface area contributed by atoms with Crippen molar-refractivity contribution in [1.29, 1.82) is 0 Å². The van der Waals surface area contributed by atoms with Crippen LogP contribution < -0.4 is 0 Å². The molecule has 3 aromatic rings. The molecule has 4 rings (SSSR count). The molecular formula is C17H23N7O. The third-order valence-electron chi connectivity index (χ3n) is 5.01. The van der Waals surface area contributed by atoms with Crippen molar-refractivity contribution in [2.75, 3.05) is 13.1 Å². The smallest absolute Gasteiger partial charge is 0.135 e. The van der Waals surface area contributed by atoms with E-state index in [0.29, 0.717) is 13.0 Å². The van der Waals surface area contributed by atoms with E-state index in [0.717, 1.165) is 42.8 Å². The van der Waals surface area contributed by atoms with Gasteiger partial charge >= 0.3 is 0 Å². The van der Waals surface area contributed by atoms with Crippen molar-refractivity contribution in [3.8, 4) is 0 Å². The molecule has 8 heteroatoms. The van der Waals surface area contributed by atoms with Crippen LogP contribution in [0.4, 0.5) is 0 Å². The van der Waals surface area contributed by atoms with Crippen LogP contribution in [0.15, 0.2) is 24.5 Å². The fraction of sp³-hybridized carbons (Fsp3) is 0.529. The molecule has 132 valence electrons. The first kappa shape index (κ1) is 16.2. The number of hydrogen-bond donors (Lipinski definition) is 1. The first-order valence-corrected chi connectivity index (χ1v) is 8.58. The molecule has 8 nitrogen and oxygen atoms in total. The minimum Gasteiger partial charge on any atom is -0.388 e. The van der Waals surface area contributed by atoms with Crippen LogP contribution >= 0.6 is 0 Å². The maximum atomic E-state index is 11.0. The highest BCUT2D eigenvalue weighted by atomic mass is 16.3. The fourth-order valence-electron chi connectivity index (χ4n) is 3.69. The summed E-state index contributed by atoms with van der Waals surface area (Å²) in [5.41, 5.74) is 2.37. The van der Waals surface area contributed by atoms with Crippen molar-refractivity contribution >= 4 is 11.0 Å². The molecule has 1 aliphatic rings. The summed E-state index contributed by atoms with van der Waals surface area (Å²) in [6, 6.07) is 6.25. The van der Waals surface area contributed by atoms with E-state index in [1.54, 1.807) is 11.0 Å². The summed E-state index contributed by atoms with van der Waals surface area (Å²) in [5.74, 6) is 0.824. The van der Waals surface area contributed by atoms with Crippen LogP contribution in [0.5, 0.6) is 0 Å². The molecule has 1 aromatic carbocycles. The second kappa shape index (κ2) is 6.20. The maximum absolute atomic E-state index is 11.0. The summed E-state index contributed by atoms with van der Waals surface area (Å²) in [6.07, 6.45) is 3.97. The number of aryl methyl sites for hydroxylation is 2. The van der Waals surface area contributed by atoms with Gasteiger partial charge in [0.25, 0.3) is 0 Å². The Kier molecular flexibility index (Phi) is 4.01. The van der Waals surface area contributed by atoms with Gasteiger partial charge in [0.15, 0.2) is 0 Å². The number of nitrogens with zero attached hydrogens (tertiary/aromatic N) is 7. The molecule has 1 N–H and O–H groups in total. The predicted molar refractivity (Wildman–Crippen MR) is 92.7 cm³/mol. The van der Waals surface area contributed by atoms with Gasteiger partial charge in [-0.05, 0) is 37.1 Å². The van der Waals surface area contributed by atoms with Crippen LogP contribution in [0.3, 0.4) is 0 Å². The molecule has 1 saturated heterocycles. The second-order valence-corrected chi connectivity index (χ2v) is 7.11. The number of rotatable bonds is 4. The predicted octanol–water partition coefficient (Wildman–Crippen LogP) is 0.666. The summed E-state index contributed by atoms with van der Waals surface area (Å²) >= 11 is 0. The van der Waals surface area contributed by atoms with Crippen molar-refractivity contribution < 1.29 is 5.11 Å². The van der Waals surface area contributed by atoms with Crippen LogP contribution in [-0.4, -0.2) is 58.5 Å². The Morgan fingerprint density at radius 3 is 2.92 bits per heavy atom. The van der Waals surface area contributed by atoms with Crippen molar-refractivity contribution in [3.05, 3.63) is 35.9 Å². The molecule has 1 atom stereocenters. The molecule has 1 fully saturated rings. The lowest BCUT2D eigenvalue weighted by atomic mass is 9.89. The van der Waals surface area contributed by atoms with Gasteiger partial charge in [-0.3, -0.25) is 4.90 Å². The van der Waals surface area contributed by atoms with E-state index in [1.165, 1.54) is 5.56 Å². The fourth-order valence-corrected chi connectivity index (χ4v) is 3.69. The first-order chi connectivity index (χ1) is 12.0. The summed E-state index contributed by atoms with van der Waals surface area (Å²) in [4.78, 5) is 2.30. The Morgan fingerprint density at radius 2 is 2.12 bits per heavy atom. The van der Waals surface area contributed by atoms with Crippen molar-refractivity contribution in [3.63, 3.8) is 0 Å². The van der Waals surface area contributed by atoms with Crippen molar-refractivity contribution in [2.45, 2.75) is 31.4 Å². The van der Waals surface area contributed by atoms with E-state index >= 15 is 0 Å². The van der Waals surface area contributed by atoms with Gasteiger partial charge in [-0.25, -0.2) is 4.68 Å². The zero-order chi connectivity index (χ0) is 17.4. The number of β-amino-alcohol motifs (C(OH)–C–C–N with tert-alkyl or cyclic N) is 1. The molecular weight excluding hydrogens is 318 g/mol. The lowest BCUT2D eigenvalue weighted by Gasteiger charge is -2.39. The normalized spacial score (nSPS) is 21.9. The first-order valence-electron chi connectivity index (χ1n) is 8.58. The highest BCUT2D eigenvalue weighted by Gasteiger charge is 2.34. The van der Waals surface area contributed by atoms with E-state index in [-0.39, 0.29) is 0 Å². The molecule has 0 spiro atoms. The average Bonchev–Trinajstić information content (AvgIpc) is 3.13. The highest BCUT2D eigenvalue weighted by Crippen LogP contribution is 2.26. The van der Waals surface area contributed by atoms with Crippen LogP contribution in [0, 0.1) is 0 Å². The molecule has 3 heterocycles. The molecule has 0 saturated carbocycles. The zero-order valence-corrected chi connectivity index (χ0v) is 14.6. The average molecular weight is 341 g/mol. The van der Waals surface area contributed by atoms with E-state index in [9.17, 15) is 5.11 Å². The van der Waals surface area contributed by atoms with Crippen LogP contribution in [-0.2, 0) is 27.1 Å². The third-order valence-corrected chi connectivity index (χ3v) is 5.01. The van der Waals surface area contributed by atoms with Crippen LogP contribution in [0.2, 0.25) is 0 Å². The molecule has 0 radical (unpaired) electrons. The van der Waals surface area contributed by atoms with Gasteiger partial charge < -0.3 is 9.67 Å². The Bertz CT molecular complexity index is 886. The van der Waals surface area contributed by atoms with E-state index in [2.05, 4.69) is 43.6 Å². The molecule has 1 unspecified atom stereocenters. The minimum atomic E-state index is -0.754. The number of hydrogen-bond acceptors (Lipinski definition) is 6. The lowest BCUT2D eigenvalue weighted by molar-refractivity contribution is -0.0344. The van der Waals surface area contributed by atoms with Gasteiger partial charge in [-0.2, -0.15) is 0 Å². The topological polar surface area (TPSA) is 84.9 Å². The second-order valence-electron chi connectivity index (χ2n) is 7.11. The number of benzene rings is 1. The number of aromatic nitrogens is 6. The van der Waals surface area contributed by atoms with Gasteiger partial charge in [0, 0.05) is 33.6 Å². The molecule has 0 aliphatic carbocycles. The SMILES string of the molecule is Cn1cnnc1CC1(O)CCCN(Cc2ccc3c(c2)nnn3C)C1. The van der Waals surface area contributed by atoms with Crippen LogP contribution in [0.1, 0.15) is 24.2 Å². The summed E-state index contributed by atoms with van der Waals surface area (Å²) < 4.78 is 3.65. The van der Waals surface area contributed by atoms with Gasteiger partial charge in [0.2, 0.25) is 0 Å². The van der Waals surface area contributed by atoms with Gasteiger partial charge in [-0.15, -0.1) is 15.3 Å². The van der Waals surface area contributed by atoms with Gasteiger partial charge in [0.1, 0.15) is 17.7 Å². The number of piperidine rings is 1. The highest BCUT2D eigenvalue weighted by molar-refractivity contribution is 5.74. The Morgan fingerprint density at radius 1 is 1.24 bits per heavy atom. The Labute approximate surface area is 146 Å². The minimum absolute atomic E-state index is 0.531. The van der Waals surface area contributed by atoms with Gasteiger partial charge in [0.05, 0.1) is 11.1 Å². The number of fused-ring (bicyclic) bond motifs is 1. The Balaban J connectivity index is 1.47. The number of aliphatic hydroxyl groups is 1. The molecule has 0 bridgehead atoms. The summed E-state index contributed by atoms with van der Waals surface area (Å²) in [6.45, 7) is 2.42. The Hall–Kier alpha value is -2.32. The number of likely N-dealkylation sites (tertiary alicyclic amines) is 1. The van der Waals surface area contributed by atoms with E-state index in [1.807, 2.05) is 18.7 Å². The zero-order valence-electron chi connectivity index (χ0n) is 14.6. The van der Waals surface area contributed by atoms with Crippen molar-refractivity contribution in [2.24, 2.45) is 14.1 Å². The lowest BCUT2D eigenvalue weighted by Crippen LogP contribution is -2.49. The summed E-state index contributed by atoms with van der Waals surface area (Å²) in [5, 5.41) is 27.3. The van der Waals surface area contributed by atoms with Crippen molar-refractivity contribution in [1.82, 2.24) is 34.7 Å². The largest absolute Gasteiger partial charge is 0.388 e. The standard InChI is InChI=1S/C17H23N7O/c1-22-12-18-20-16(22)9-17(25)6-3-7-24(11-17)10-13-4-5-15-14(8-13)19-21-23(15)2/h4-5,8,12,25H,3,6-7,9-11H2,1-2H3. The van der Waals surface area contributed by atoms with E-state index < -0.39 is 5.60 Å². The molecule has 0 amide bonds. The molecule has 1 aliphatic heterocycles. The monoisotopic (exact) mass is 341 g/mol. The summed E-state index contributed by atoms with van der Waals surface area (Å²) in [7, 11) is 3.81. The van der Waals surface area contributed by atoms with E-state index in [4.69, 9.17) is 0 Å². The molecule has 2 aromatic heterocycles. The quantitative estimate of drug-likeness (QED) is 0.751. The van der Waals surface area contributed by atoms with Crippen LogP contribution in [0.25, 0.3) is 11.0 Å². The van der Waals surface area contributed by atoms with Gasteiger partial charge in [-0.1, -0.05) is 11.3 Å².